The molecule has 0 radical (unpaired) electrons. The Bertz CT molecular complexity index is 4450. The number of rotatable bonds is 17. The van der Waals surface area contributed by atoms with Gasteiger partial charge in [-0.15, -0.1) is 0 Å². The molecule has 23 heteroatoms. The average Bonchev–Trinajstić information content (AvgIpc) is 1.63. The Morgan fingerprint density at radius 3 is 1.58 bits per heavy atom. The van der Waals surface area contributed by atoms with Gasteiger partial charge in [-0.1, -0.05) is 119 Å². The number of amides is 1. The number of aliphatic hydroxyl groups excluding tert-OH is 1. The quantitative estimate of drug-likeness (QED) is 0.0332. The van der Waals surface area contributed by atoms with Gasteiger partial charge in [0, 0.05) is 65.0 Å². The molecule has 10 aromatic rings. The Labute approximate surface area is 563 Å². The predicted octanol–water partition coefficient (Wildman–Crippen LogP) is 11.5. The van der Waals surface area contributed by atoms with Crippen LogP contribution < -0.4 is 15.5 Å². The number of halogens is 2. The molecule has 1 saturated carbocycles. The summed E-state index contributed by atoms with van der Waals surface area (Å²) >= 11 is 9.86. The van der Waals surface area contributed by atoms with Crippen molar-refractivity contribution in [3.8, 4) is 28.0 Å². The van der Waals surface area contributed by atoms with Crippen LogP contribution >= 0.6 is 27.5 Å². The number of fused-ring (bicyclic) bond motifs is 3. The molecule has 95 heavy (non-hydrogen) atoms. The molecule has 2 aliphatic heterocycles. The number of carboxylic acids is 1. The molecule has 0 spiro atoms. The first-order chi connectivity index (χ1) is 45.4. The summed E-state index contributed by atoms with van der Waals surface area (Å²) in [4.78, 5) is 73.8. The number of benzene rings is 7. The molecule has 0 unspecified atom stereocenters. The number of aliphatic carboxylic acids is 1. The van der Waals surface area contributed by atoms with Crippen molar-refractivity contribution in [3.63, 3.8) is 0 Å². The van der Waals surface area contributed by atoms with Gasteiger partial charge in [0.2, 0.25) is 5.78 Å². The second kappa shape index (κ2) is 29.6. The van der Waals surface area contributed by atoms with Crippen molar-refractivity contribution in [2.75, 3.05) is 26.2 Å². The Morgan fingerprint density at radius 2 is 1.09 bits per heavy atom. The van der Waals surface area contributed by atoms with Gasteiger partial charge in [0.15, 0.2) is 0 Å². The second-order valence-corrected chi connectivity index (χ2v) is 25.8. The largest absolute Gasteiger partial charge is 0.494 e. The summed E-state index contributed by atoms with van der Waals surface area (Å²) in [7, 11) is 5.24. The van der Waals surface area contributed by atoms with Gasteiger partial charge in [0.05, 0.1) is 70.1 Å². The predicted molar refractivity (Wildman–Crippen MR) is 368 cm³/mol. The number of carbonyl (C=O) groups is 6. The first kappa shape index (κ1) is 68.7. The van der Waals surface area contributed by atoms with Crippen molar-refractivity contribution >= 4 is 108 Å². The third kappa shape index (κ3) is 16.5. The van der Waals surface area contributed by atoms with E-state index in [0.29, 0.717) is 28.4 Å². The third-order valence-corrected chi connectivity index (χ3v) is 18.0. The van der Waals surface area contributed by atoms with Gasteiger partial charge in [-0.25, -0.2) is 9.59 Å². The second-order valence-electron chi connectivity index (χ2n) is 24.5. The van der Waals surface area contributed by atoms with Gasteiger partial charge < -0.3 is 39.2 Å². The molecule has 3 fully saturated rings. The fourth-order valence-corrected chi connectivity index (χ4v) is 11.5. The molecular formula is C72H73BBrClN8O12. The molecule has 3 aliphatic rings. The highest BCUT2D eigenvalue weighted by molar-refractivity contribution is 9.10. The zero-order valence-electron chi connectivity index (χ0n) is 53.9. The Kier molecular flexibility index (Phi) is 21.4. The third-order valence-electron chi connectivity index (χ3n) is 17.2. The van der Waals surface area contributed by atoms with Crippen molar-refractivity contribution in [3.05, 3.63) is 196 Å². The van der Waals surface area contributed by atoms with Gasteiger partial charge in [-0.05, 0) is 161 Å². The number of aryl methyl sites for hydroxylation is 3. The van der Waals surface area contributed by atoms with Crippen LogP contribution in [0.4, 0.5) is 0 Å². The fourth-order valence-electron chi connectivity index (χ4n) is 10.9. The van der Waals surface area contributed by atoms with Crippen molar-refractivity contribution < 1.29 is 57.8 Å². The minimum atomic E-state index is -1.44. The minimum Gasteiger partial charge on any atom is -0.489 e. The number of hydrogen-bond donors (Lipinski definition) is 3. The lowest BCUT2D eigenvalue weighted by molar-refractivity contribution is -0.137. The van der Waals surface area contributed by atoms with Crippen LogP contribution in [0.5, 0.6) is 5.75 Å². The molecule has 13 rings (SSSR count). The summed E-state index contributed by atoms with van der Waals surface area (Å²) in [6.07, 6.45) is 8.79. The minimum absolute atomic E-state index is 0.175. The fraction of sp³-hybridized carbons (Fsp3) is 0.292. The van der Waals surface area contributed by atoms with E-state index in [0.717, 1.165) is 98.3 Å². The highest BCUT2D eigenvalue weighted by Gasteiger charge is 2.51. The molecule has 2 saturated heterocycles. The van der Waals surface area contributed by atoms with Gasteiger partial charge in [-0.2, -0.15) is 15.3 Å². The van der Waals surface area contributed by atoms with E-state index in [9.17, 15) is 33.9 Å². The maximum Gasteiger partial charge on any atom is 0.494 e. The lowest BCUT2D eigenvalue weighted by Crippen LogP contribution is -2.48. The number of aliphatic hydroxyl groups is 1. The number of aromatic nitrogens is 6. The van der Waals surface area contributed by atoms with Crippen LogP contribution in [0.15, 0.2) is 169 Å². The lowest BCUT2D eigenvalue weighted by atomic mass is 9.78. The van der Waals surface area contributed by atoms with E-state index < -0.39 is 65.7 Å². The molecule has 7 aromatic carbocycles. The van der Waals surface area contributed by atoms with Crippen molar-refractivity contribution in [1.29, 1.82) is 0 Å². The number of ketones is 3. The number of nitrogens with one attached hydrogen (secondary N) is 1. The summed E-state index contributed by atoms with van der Waals surface area (Å²) in [6.45, 7) is 11.9. The molecule has 3 aromatic heterocycles. The summed E-state index contributed by atoms with van der Waals surface area (Å²) in [5.74, 6) is -4.65. The van der Waals surface area contributed by atoms with E-state index in [1.807, 2.05) is 131 Å². The highest BCUT2D eigenvalue weighted by Crippen LogP contribution is 2.37. The molecule has 1 aliphatic carbocycles. The van der Waals surface area contributed by atoms with E-state index in [1.54, 1.807) is 84.5 Å². The number of esters is 1. The monoisotopic (exact) mass is 1370 g/mol. The first-order valence-electron chi connectivity index (χ1n) is 31.1. The van der Waals surface area contributed by atoms with Crippen LogP contribution in [0.1, 0.15) is 103 Å². The topological polar surface area (TPSA) is 249 Å². The molecule has 490 valence electrons. The average molecular weight is 1370 g/mol. The molecular weight excluding hydrogens is 1300 g/mol. The van der Waals surface area contributed by atoms with Gasteiger partial charge in [-0.3, -0.25) is 33.2 Å². The van der Waals surface area contributed by atoms with Crippen LogP contribution in [-0.4, -0.2) is 136 Å². The molecule has 5 heterocycles. The number of Topliss-reactive ketones (excluding diaryl/α,β-unsaturated/α-hetero) is 3. The lowest BCUT2D eigenvalue weighted by Gasteiger charge is -2.32. The summed E-state index contributed by atoms with van der Waals surface area (Å²) < 4.78 is 29.0. The number of carboxylic acid groups (broad SMARTS) is 1. The SMILES string of the molecule is CCOC(=O)C(=O)c1ccc(B2OC(C)(C)C(C)(C)O2)cc1.Cn1ncc2cc(-c3ccc(C(=O)C(=O)N[C@H](CN4CCCC4)[C@H](O)c4ccc(OC5CC5)c(Cl)c4)cc3)ccc21.Cn1ncc2cc(-c3ccc(C(=O)C(=O)O)cc3)ccc21.Cn1ncc2cc(Br)ccc21. The summed E-state index contributed by atoms with van der Waals surface area (Å²) in [6, 6.07) is 42.8. The molecule has 1 amide bonds. The normalized spacial score (nSPS) is 15.3. The smallest absolute Gasteiger partial charge is 0.489 e. The van der Waals surface area contributed by atoms with Crippen LogP contribution in [0, 0.1) is 0 Å². The zero-order chi connectivity index (χ0) is 67.9. The molecule has 20 nitrogen and oxygen atoms in total. The maximum absolute atomic E-state index is 13.2. The summed E-state index contributed by atoms with van der Waals surface area (Å²) in [5.41, 5.74) is 8.35. The van der Waals surface area contributed by atoms with Crippen molar-refractivity contribution in [1.82, 2.24) is 39.6 Å². The van der Waals surface area contributed by atoms with Gasteiger partial charge in [0.1, 0.15) is 11.9 Å². The van der Waals surface area contributed by atoms with Crippen LogP contribution in [0.25, 0.3) is 55.0 Å². The number of carbonyl (C=O) groups excluding carboxylic acids is 5. The number of nitrogens with zero attached hydrogens (tertiary/aromatic N) is 7. The Balaban J connectivity index is 0.000000153. The standard InChI is InChI=1S/C32H33ClN4O4.C16H21BO5.C16H12N2O3.C8H7BrN2/c1-36-28-12-8-22(16-24(28)18-34-36)20-4-6-21(7-5-20)31(39)32(40)35-27(19-37-14-2-3-15-37)30(38)23-9-13-29(26(33)17-23)41-25-10-11-25;1-6-20-14(19)13(18)11-7-9-12(10-8-11)17-21-15(2,3)16(4,5)22-17;1-18-14-7-6-12(8-13(14)9-17-18)10-2-4-11(5-3-10)15(19)16(20)21;1-11-8-3-2-7(9)4-6(8)5-10-11/h4-9,12-13,16-18,25,27,30,38H,2-3,10-11,14-15,19H2,1H3,(H,35,40);7-10H,6H2,1-5H3;2-9H,1H3,(H,20,21);2-5H,1H3/t27-,30-;;;/m1.../s1. The number of ether oxygens (including phenoxy) is 2. The van der Waals surface area contributed by atoms with Crippen LogP contribution in [-0.2, 0) is 49.6 Å². The molecule has 2 atom stereocenters. The molecule has 3 N–H and O–H groups in total. The van der Waals surface area contributed by atoms with Crippen molar-refractivity contribution in [2.24, 2.45) is 21.1 Å². The van der Waals surface area contributed by atoms with Crippen LogP contribution in [0.2, 0.25) is 5.02 Å². The van der Waals surface area contributed by atoms with Crippen molar-refractivity contribution in [2.45, 2.75) is 89.8 Å². The first-order valence-corrected chi connectivity index (χ1v) is 32.3. The Morgan fingerprint density at radius 1 is 0.632 bits per heavy atom. The van der Waals surface area contributed by atoms with E-state index >= 15 is 0 Å². The van der Waals surface area contributed by atoms with E-state index in [4.69, 9.17) is 35.5 Å². The maximum atomic E-state index is 13.2. The van der Waals surface area contributed by atoms with E-state index in [1.165, 1.54) is 17.5 Å². The number of likely N-dealkylation sites (tertiary alicyclic amines) is 1. The van der Waals surface area contributed by atoms with E-state index in [-0.39, 0.29) is 23.8 Å². The van der Waals surface area contributed by atoms with E-state index in [2.05, 4.69) is 47.5 Å². The highest BCUT2D eigenvalue weighted by atomic mass is 79.9. The molecule has 0 bridgehead atoms. The van der Waals surface area contributed by atoms with Crippen LogP contribution in [0.3, 0.4) is 0 Å². The summed E-state index contributed by atoms with van der Waals surface area (Å²) in [5, 5.41) is 39.1. The Hall–Kier alpha value is -9.16. The number of hydrogen-bond acceptors (Lipinski definition) is 15. The van der Waals surface area contributed by atoms with Gasteiger partial charge >= 0.3 is 19.1 Å². The zero-order valence-corrected chi connectivity index (χ0v) is 56.3. The van der Waals surface area contributed by atoms with Gasteiger partial charge in [0.25, 0.3) is 17.5 Å².